The second kappa shape index (κ2) is 10.3. The third-order valence-corrected chi connectivity index (χ3v) is 4.43. The predicted molar refractivity (Wildman–Crippen MR) is 117 cm³/mol. The summed E-state index contributed by atoms with van der Waals surface area (Å²) >= 11 is 0. The average Bonchev–Trinajstić information content (AvgIpc) is 3.15. The minimum Gasteiger partial charge on any atom is -0.360 e. The normalized spacial score (nSPS) is 12.2. The van der Waals surface area contributed by atoms with Crippen molar-refractivity contribution in [3.8, 4) is 0 Å². The van der Waals surface area contributed by atoms with E-state index in [0.29, 0.717) is 6.42 Å². The maximum atomic E-state index is 12.2. The SMILES string of the molecule is C=C(/C=C/c1ccccc1C)/C=C(\C=C/C)c1cc(C(=O)CCCC)c[nH]1. The monoisotopic (exact) mass is 359 g/mol. The number of aromatic amines is 1. The first-order valence-electron chi connectivity index (χ1n) is 9.54. The predicted octanol–water partition coefficient (Wildman–Crippen LogP) is 6.93. The maximum Gasteiger partial charge on any atom is 0.164 e. The van der Waals surface area contributed by atoms with Crippen molar-refractivity contribution < 1.29 is 4.79 Å². The quantitative estimate of drug-likeness (QED) is 0.382. The second-order valence-electron chi connectivity index (χ2n) is 6.69. The van der Waals surface area contributed by atoms with Crippen LogP contribution in [0.4, 0.5) is 0 Å². The number of hydrogen-bond acceptors (Lipinski definition) is 1. The van der Waals surface area contributed by atoms with Crippen LogP contribution in [0.2, 0.25) is 0 Å². The molecule has 0 aliphatic rings. The summed E-state index contributed by atoms with van der Waals surface area (Å²) in [6, 6.07) is 10.2. The molecule has 0 spiro atoms. The molecule has 1 aromatic carbocycles. The molecule has 2 aromatic rings. The minimum absolute atomic E-state index is 0.192. The van der Waals surface area contributed by atoms with Gasteiger partial charge in [0.1, 0.15) is 0 Å². The lowest BCUT2D eigenvalue weighted by atomic mass is 10.0. The summed E-state index contributed by atoms with van der Waals surface area (Å²) in [5.74, 6) is 0.192. The Morgan fingerprint density at radius 2 is 2.00 bits per heavy atom. The first kappa shape index (κ1) is 20.4. The fraction of sp³-hybridized carbons (Fsp3) is 0.240. The Hall–Kier alpha value is -2.87. The van der Waals surface area contributed by atoms with E-state index >= 15 is 0 Å². The molecule has 1 aromatic heterocycles. The topological polar surface area (TPSA) is 32.9 Å². The van der Waals surface area contributed by atoms with Gasteiger partial charge in [-0.15, -0.1) is 0 Å². The van der Waals surface area contributed by atoms with E-state index in [-0.39, 0.29) is 5.78 Å². The number of H-pyrrole nitrogens is 1. The van der Waals surface area contributed by atoms with Crippen LogP contribution >= 0.6 is 0 Å². The summed E-state index contributed by atoms with van der Waals surface area (Å²) in [5, 5.41) is 0. The fourth-order valence-corrected chi connectivity index (χ4v) is 2.82. The number of ketones is 1. The molecule has 2 nitrogen and oxygen atoms in total. The molecular formula is C25H29NO. The first-order valence-corrected chi connectivity index (χ1v) is 9.54. The molecule has 0 saturated heterocycles. The van der Waals surface area contributed by atoms with Gasteiger partial charge in [0.15, 0.2) is 5.78 Å². The van der Waals surface area contributed by atoms with Crippen molar-refractivity contribution in [2.45, 2.75) is 40.0 Å². The van der Waals surface area contributed by atoms with Crippen molar-refractivity contribution in [2.75, 3.05) is 0 Å². The molecule has 0 aliphatic carbocycles. The number of aromatic nitrogens is 1. The summed E-state index contributed by atoms with van der Waals surface area (Å²) in [6.45, 7) is 10.3. The zero-order chi connectivity index (χ0) is 19.6. The molecule has 0 unspecified atom stereocenters. The summed E-state index contributed by atoms with van der Waals surface area (Å²) in [5.41, 5.74) is 6.00. The number of hydrogen-bond donors (Lipinski definition) is 1. The minimum atomic E-state index is 0.192. The van der Waals surface area contributed by atoms with Gasteiger partial charge in [-0.25, -0.2) is 0 Å². The summed E-state index contributed by atoms with van der Waals surface area (Å²) in [6.07, 6.45) is 14.5. The summed E-state index contributed by atoms with van der Waals surface area (Å²) < 4.78 is 0. The number of carbonyl (C=O) groups excluding carboxylic acids is 1. The highest BCUT2D eigenvalue weighted by Crippen LogP contribution is 2.20. The summed E-state index contributed by atoms with van der Waals surface area (Å²) in [4.78, 5) is 15.5. The molecule has 1 N–H and O–H groups in total. The Morgan fingerprint density at radius 1 is 1.22 bits per heavy atom. The van der Waals surface area contributed by atoms with Crippen molar-refractivity contribution in [3.05, 3.63) is 95.4 Å². The van der Waals surface area contributed by atoms with E-state index < -0.39 is 0 Å². The molecule has 0 radical (unpaired) electrons. The number of Topliss-reactive ketones (excluding diaryl/α,β-unsaturated/α-hetero) is 1. The maximum absolute atomic E-state index is 12.2. The zero-order valence-electron chi connectivity index (χ0n) is 16.6. The molecule has 0 amide bonds. The van der Waals surface area contributed by atoms with Crippen molar-refractivity contribution in [3.63, 3.8) is 0 Å². The van der Waals surface area contributed by atoms with E-state index in [1.165, 1.54) is 11.1 Å². The molecule has 0 atom stereocenters. The molecule has 27 heavy (non-hydrogen) atoms. The van der Waals surface area contributed by atoms with Crippen LogP contribution < -0.4 is 0 Å². The number of rotatable bonds is 9. The molecular weight excluding hydrogens is 330 g/mol. The van der Waals surface area contributed by atoms with Crippen LogP contribution in [0.5, 0.6) is 0 Å². The first-order chi connectivity index (χ1) is 13.0. The standard InChI is InChI=1S/C25H29NO/c1-5-7-13-25(27)23-17-24(26-18-23)22(10-6-2)16-19(3)14-15-21-12-9-8-11-20(21)4/h6,8-12,14-18,26H,3,5,7,13H2,1-2,4H3/b10-6-,15-14+,22-16+. The molecule has 2 heteroatoms. The number of benzene rings is 1. The Labute approximate surface area is 163 Å². The Bertz CT molecular complexity index is 877. The smallest absolute Gasteiger partial charge is 0.164 e. The van der Waals surface area contributed by atoms with Gasteiger partial charge in [0, 0.05) is 23.9 Å². The van der Waals surface area contributed by atoms with Gasteiger partial charge in [0.2, 0.25) is 0 Å². The second-order valence-corrected chi connectivity index (χ2v) is 6.69. The summed E-state index contributed by atoms with van der Waals surface area (Å²) in [7, 11) is 0. The van der Waals surface area contributed by atoms with Gasteiger partial charge in [0.05, 0.1) is 0 Å². The lowest BCUT2D eigenvalue weighted by molar-refractivity contribution is 0.0980. The zero-order valence-corrected chi connectivity index (χ0v) is 16.6. The van der Waals surface area contributed by atoms with E-state index in [1.807, 2.05) is 49.4 Å². The van der Waals surface area contributed by atoms with Gasteiger partial charge in [0.25, 0.3) is 0 Å². The number of nitrogens with one attached hydrogen (secondary N) is 1. The Kier molecular flexibility index (Phi) is 7.81. The highest BCUT2D eigenvalue weighted by Gasteiger charge is 2.09. The number of carbonyl (C=O) groups is 1. The molecule has 0 aliphatic heterocycles. The van der Waals surface area contributed by atoms with Crippen molar-refractivity contribution in [1.82, 2.24) is 4.98 Å². The van der Waals surface area contributed by atoms with Crippen molar-refractivity contribution >= 4 is 17.4 Å². The van der Waals surface area contributed by atoms with Crippen LogP contribution in [-0.4, -0.2) is 10.8 Å². The van der Waals surface area contributed by atoms with E-state index in [4.69, 9.17) is 0 Å². The Balaban J connectivity index is 2.19. The largest absolute Gasteiger partial charge is 0.360 e. The van der Waals surface area contributed by atoms with Crippen molar-refractivity contribution in [2.24, 2.45) is 0 Å². The lowest BCUT2D eigenvalue weighted by Gasteiger charge is -2.01. The van der Waals surface area contributed by atoms with Gasteiger partial charge < -0.3 is 4.98 Å². The number of unbranched alkanes of at least 4 members (excludes halogenated alkanes) is 1. The van der Waals surface area contributed by atoms with Crippen LogP contribution in [0.15, 0.2) is 73.0 Å². The third kappa shape index (κ3) is 6.10. The molecule has 2 rings (SSSR count). The van der Waals surface area contributed by atoms with Gasteiger partial charge in [-0.05, 0) is 54.7 Å². The third-order valence-electron chi connectivity index (χ3n) is 4.43. The molecule has 140 valence electrons. The van der Waals surface area contributed by atoms with Gasteiger partial charge >= 0.3 is 0 Å². The lowest BCUT2D eigenvalue weighted by Crippen LogP contribution is -1.96. The van der Waals surface area contributed by atoms with Crippen LogP contribution in [0, 0.1) is 6.92 Å². The average molecular weight is 360 g/mol. The fourth-order valence-electron chi connectivity index (χ4n) is 2.82. The van der Waals surface area contributed by atoms with Crippen LogP contribution in [0.3, 0.4) is 0 Å². The van der Waals surface area contributed by atoms with E-state index in [9.17, 15) is 4.79 Å². The van der Waals surface area contributed by atoms with E-state index in [2.05, 4.69) is 43.6 Å². The molecule has 0 saturated carbocycles. The number of aryl methyl sites for hydroxylation is 1. The number of allylic oxidation sites excluding steroid dienone is 6. The van der Waals surface area contributed by atoms with Crippen molar-refractivity contribution in [1.29, 1.82) is 0 Å². The van der Waals surface area contributed by atoms with Gasteiger partial charge in [-0.2, -0.15) is 0 Å². The Morgan fingerprint density at radius 3 is 2.70 bits per heavy atom. The molecule has 0 fully saturated rings. The van der Waals surface area contributed by atoms with Gasteiger partial charge in [-0.3, -0.25) is 4.79 Å². The van der Waals surface area contributed by atoms with Crippen LogP contribution in [-0.2, 0) is 0 Å². The van der Waals surface area contributed by atoms with Gasteiger partial charge in [-0.1, -0.05) is 68.5 Å². The van der Waals surface area contributed by atoms with E-state index in [1.54, 1.807) is 6.20 Å². The van der Waals surface area contributed by atoms with Crippen LogP contribution in [0.1, 0.15) is 60.3 Å². The van der Waals surface area contributed by atoms with Crippen LogP contribution in [0.25, 0.3) is 11.6 Å². The molecule has 1 heterocycles. The highest BCUT2D eigenvalue weighted by atomic mass is 16.1. The highest BCUT2D eigenvalue weighted by molar-refractivity contribution is 5.97. The molecule has 0 bridgehead atoms. The van der Waals surface area contributed by atoms with E-state index in [0.717, 1.165) is 35.2 Å².